The number of para-hydroxylation sites is 1. The normalized spacial score (nSPS) is 12.9. The summed E-state index contributed by atoms with van der Waals surface area (Å²) in [5, 5.41) is 7.73. The van der Waals surface area contributed by atoms with E-state index in [0.29, 0.717) is 12.4 Å². The molecule has 0 spiro atoms. The Bertz CT molecular complexity index is 1170. The van der Waals surface area contributed by atoms with Crippen LogP contribution in [0.2, 0.25) is 0 Å². The van der Waals surface area contributed by atoms with Crippen molar-refractivity contribution in [1.29, 1.82) is 0 Å². The van der Waals surface area contributed by atoms with Gasteiger partial charge < -0.3 is 10.6 Å². The van der Waals surface area contributed by atoms with Gasteiger partial charge in [0.2, 0.25) is 0 Å². The molecule has 162 valence electrons. The smallest absolute Gasteiger partial charge is 0.319 e. The Morgan fingerprint density at radius 1 is 1.19 bits per heavy atom. The zero-order valence-corrected chi connectivity index (χ0v) is 18.2. The maximum atomic E-state index is 12.5. The summed E-state index contributed by atoms with van der Waals surface area (Å²) in [7, 11) is 0. The number of amides is 2. The molecule has 0 atom stereocenters. The van der Waals surface area contributed by atoms with Crippen molar-refractivity contribution in [2.24, 2.45) is 0 Å². The van der Waals surface area contributed by atoms with E-state index in [0.717, 1.165) is 45.6 Å². The number of pyridine rings is 2. The van der Waals surface area contributed by atoms with Gasteiger partial charge in [-0.15, -0.1) is 0 Å². The van der Waals surface area contributed by atoms with Crippen LogP contribution < -0.4 is 21.1 Å². The molecule has 1 aliphatic rings. The van der Waals surface area contributed by atoms with Crippen molar-refractivity contribution in [1.82, 2.24) is 20.7 Å². The number of urea groups is 1. The van der Waals surface area contributed by atoms with Gasteiger partial charge in [0.1, 0.15) is 0 Å². The number of allylic oxidation sites excluding steroid dienone is 1. The van der Waals surface area contributed by atoms with Gasteiger partial charge in [-0.2, -0.15) is 0 Å². The Labute approximate surface area is 187 Å². The van der Waals surface area contributed by atoms with Crippen molar-refractivity contribution in [2.75, 3.05) is 10.3 Å². The molecule has 0 saturated heterocycles. The number of benzene rings is 1. The highest BCUT2D eigenvalue weighted by molar-refractivity contribution is 5.91. The Morgan fingerprint density at radius 3 is 2.84 bits per heavy atom. The molecule has 7 heteroatoms. The molecule has 7 nitrogen and oxygen atoms in total. The summed E-state index contributed by atoms with van der Waals surface area (Å²) in [5.41, 5.74) is 9.85. The molecule has 0 unspecified atom stereocenters. The second kappa shape index (κ2) is 9.34. The Morgan fingerprint density at radius 2 is 2.06 bits per heavy atom. The molecular formula is C25H26N6O. The summed E-state index contributed by atoms with van der Waals surface area (Å²) in [6, 6.07) is 13.5. The molecule has 2 aromatic heterocycles. The highest BCUT2D eigenvalue weighted by atomic mass is 16.2. The van der Waals surface area contributed by atoms with Crippen LogP contribution in [-0.4, -0.2) is 16.0 Å². The number of nitrogens with zero attached hydrogens (tertiary/aromatic N) is 3. The van der Waals surface area contributed by atoms with E-state index in [1.165, 1.54) is 0 Å². The summed E-state index contributed by atoms with van der Waals surface area (Å²) >= 11 is 0. The van der Waals surface area contributed by atoms with Crippen LogP contribution in [-0.2, 0) is 13.0 Å². The molecule has 4 rings (SSSR count). The van der Waals surface area contributed by atoms with Gasteiger partial charge in [-0.1, -0.05) is 37.8 Å². The predicted molar refractivity (Wildman–Crippen MR) is 128 cm³/mol. The maximum Gasteiger partial charge on any atom is 0.319 e. The molecule has 0 aliphatic carbocycles. The number of rotatable bonds is 6. The van der Waals surface area contributed by atoms with Gasteiger partial charge >= 0.3 is 6.03 Å². The lowest BCUT2D eigenvalue weighted by molar-refractivity contribution is 0.251. The number of aromatic nitrogens is 2. The molecule has 3 aromatic rings. The van der Waals surface area contributed by atoms with Crippen LogP contribution in [0.3, 0.4) is 0 Å². The monoisotopic (exact) mass is 426 g/mol. The first-order valence-corrected chi connectivity index (χ1v) is 10.5. The van der Waals surface area contributed by atoms with E-state index in [2.05, 4.69) is 39.5 Å². The Hall–Kier alpha value is -4.13. The third-order valence-electron chi connectivity index (χ3n) is 5.36. The number of aryl methyl sites for hydroxylation is 2. The lowest BCUT2D eigenvalue weighted by Crippen LogP contribution is -2.30. The van der Waals surface area contributed by atoms with Crippen LogP contribution in [0, 0.1) is 6.92 Å². The maximum absolute atomic E-state index is 12.5. The molecule has 2 amide bonds. The highest BCUT2D eigenvalue weighted by Crippen LogP contribution is 2.30. The fourth-order valence-electron chi connectivity index (χ4n) is 3.62. The third-order valence-corrected chi connectivity index (χ3v) is 5.36. The second-order valence-corrected chi connectivity index (χ2v) is 7.50. The molecule has 0 fully saturated rings. The van der Waals surface area contributed by atoms with Crippen LogP contribution in [0.5, 0.6) is 0 Å². The number of hydrogen-bond acceptors (Lipinski definition) is 5. The number of anilines is 2. The fraction of sp³-hybridized carbons (Fsp3) is 0.160. The second-order valence-electron chi connectivity index (χ2n) is 7.50. The van der Waals surface area contributed by atoms with E-state index in [-0.39, 0.29) is 6.03 Å². The number of carbonyl (C=O) groups excluding carboxylic acids is 1. The summed E-state index contributed by atoms with van der Waals surface area (Å²) < 4.78 is 0. The van der Waals surface area contributed by atoms with E-state index < -0.39 is 0 Å². The minimum Gasteiger partial charge on any atom is -0.334 e. The number of carbonyl (C=O) groups is 1. The average Bonchev–Trinajstić information content (AvgIpc) is 3.21. The lowest BCUT2D eigenvalue weighted by Gasteiger charge is -2.20. The quantitative estimate of drug-likeness (QED) is 0.539. The van der Waals surface area contributed by atoms with Gasteiger partial charge in [0.05, 0.1) is 5.70 Å². The molecule has 3 N–H and O–H groups in total. The van der Waals surface area contributed by atoms with Crippen LogP contribution in [0.1, 0.15) is 29.2 Å². The SMILES string of the molecule is C=C1C(c2cccnc2)=CNN1c1cc(CNC(=O)Nc2c(C)cccc2CC)ccn1. The molecule has 0 bridgehead atoms. The van der Waals surface area contributed by atoms with E-state index in [4.69, 9.17) is 0 Å². The van der Waals surface area contributed by atoms with Gasteiger partial charge in [-0.3, -0.25) is 10.4 Å². The minimum atomic E-state index is -0.239. The Balaban J connectivity index is 1.40. The van der Waals surface area contributed by atoms with E-state index in [9.17, 15) is 4.79 Å². The van der Waals surface area contributed by atoms with Crippen LogP contribution >= 0.6 is 0 Å². The summed E-state index contributed by atoms with van der Waals surface area (Å²) in [6.45, 7) is 8.63. The van der Waals surface area contributed by atoms with Crippen LogP contribution in [0.15, 0.2) is 79.5 Å². The van der Waals surface area contributed by atoms with Gasteiger partial charge in [0.25, 0.3) is 0 Å². The van der Waals surface area contributed by atoms with E-state index >= 15 is 0 Å². The lowest BCUT2D eigenvalue weighted by atomic mass is 10.1. The number of hydrogen-bond donors (Lipinski definition) is 3. The van der Waals surface area contributed by atoms with Gasteiger partial charge in [0, 0.05) is 48.2 Å². The minimum absolute atomic E-state index is 0.239. The third kappa shape index (κ3) is 4.46. The van der Waals surface area contributed by atoms with Crippen molar-refractivity contribution in [2.45, 2.75) is 26.8 Å². The highest BCUT2D eigenvalue weighted by Gasteiger charge is 2.22. The molecule has 0 saturated carbocycles. The van der Waals surface area contributed by atoms with Crippen molar-refractivity contribution in [3.63, 3.8) is 0 Å². The zero-order chi connectivity index (χ0) is 22.5. The zero-order valence-electron chi connectivity index (χ0n) is 18.2. The summed E-state index contributed by atoms with van der Waals surface area (Å²) in [5.74, 6) is 0.692. The van der Waals surface area contributed by atoms with Crippen molar-refractivity contribution in [3.05, 3.63) is 102 Å². The molecule has 1 aromatic carbocycles. The molecule has 0 radical (unpaired) electrons. The van der Waals surface area contributed by atoms with Gasteiger partial charge in [-0.25, -0.2) is 14.8 Å². The first-order valence-electron chi connectivity index (χ1n) is 10.5. The first kappa shape index (κ1) is 21.1. The Kier molecular flexibility index (Phi) is 6.17. The number of hydrazine groups is 1. The first-order chi connectivity index (χ1) is 15.6. The standard InChI is InChI=1S/C25H26N6O/c1-4-20-8-5-7-17(2)24(20)30-25(32)28-14-19-10-12-27-23(13-19)31-18(3)22(16-29-31)21-9-6-11-26-15-21/h5-13,15-16,29H,3-4,14H2,1-2H3,(H2,28,30,32). The van der Waals surface area contributed by atoms with E-state index in [1.807, 2.05) is 60.6 Å². The molecule has 1 aliphatic heterocycles. The van der Waals surface area contributed by atoms with Crippen molar-refractivity contribution < 1.29 is 4.79 Å². The van der Waals surface area contributed by atoms with E-state index in [1.54, 1.807) is 18.6 Å². The predicted octanol–water partition coefficient (Wildman–Crippen LogP) is 4.55. The number of nitrogens with one attached hydrogen (secondary N) is 3. The molecular weight excluding hydrogens is 400 g/mol. The fourth-order valence-corrected chi connectivity index (χ4v) is 3.62. The van der Waals surface area contributed by atoms with Crippen LogP contribution in [0.25, 0.3) is 5.57 Å². The van der Waals surface area contributed by atoms with Crippen molar-refractivity contribution in [3.8, 4) is 0 Å². The van der Waals surface area contributed by atoms with Crippen molar-refractivity contribution >= 4 is 23.1 Å². The van der Waals surface area contributed by atoms with Gasteiger partial charge in [0.15, 0.2) is 5.82 Å². The summed E-state index contributed by atoms with van der Waals surface area (Å²) in [6.07, 6.45) is 7.99. The van der Waals surface area contributed by atoms with Crippen LogP contribution in [0.4, 0.5) is 16.3 Å². The molecule has 3 heterocycles. The molecule has 32 heavy (non-hydrogen) atoms. The topological polar surface area (TPSA) is 82.2 Å². The van der Waals surface area contributed by atoms with Gasteiger partial charge in [-0.05, 0) is 48.2 Å². The largest absolute Gasteiger partial charge is 0.334 e. The summed E-state index contributed by atoms with van der Waals surface area (Å²) in [4.78, 5) is 21.1. The average molecular weight is 427 g/mol.